The Kier molecular flexibility index (Phi) is 4.50. The van der Waals surface area contributed by atoms with E-state index >= 15 is 0 Å². The highest BCUT2D eigenvalue weighted by Crippen LogP contribution is 2.27. The molecule has 0 saturated carbocycles. The lowest BCUT2D eigenvalue weighted by molar-refractivity contribution is -0.141. The second kappa shape index (κ2) is 5.36. The number of hydrogen-bond acceptors (Lipinski definition) is 3. The summed E-state index contributed by atoms with van der Waals surface area (Å²) in [5.74, 6) is -2.53. The molecule has 0 heterocycles. The van der Waals surface area contributed by atoms with E-state index in [4.69, 9.17) is 5.11 Å². The van der Waals surface area contributed by atoms with Gasteiger partial charge in [-0.2, -0.15) is 0 Å². The summed E-state index contributed by atoms with van der Waals surface area (Å²) in [6.45, 7) is 1.50. The third-order valence-corrected chi connectivity index (χ3v) is 4.44. The number of halogens is 2. The van der Waals surface area contributed by atoms with Crippen molar-refractivity contribution in [3.05, 3.63) is 28.0 Å². The minimum absolute atomic E-state index is 0.109. The van der Waals surface area contributed by atoms with Crippen molar-refractivity contribution in [3.63, 3.8) is 0 Å². The van der Waals surface area contributed by atoms with Crippen molar-refractivity contribution in [2.75, 3.05) is 6.26 Å². The lowest BCUT2D eigenvalue weighted by Crippen LogP contribution is -2.13. The summed E-state index contributed by atoms with van der Waals surface area (Å²) in [6, 6.07) is 2.49. The van der Waals surface area contributed by atoms with E-state index in [1.54, 1.807) is 0 Å². The summed E-state index contributed by atoms with van der Waals surface area (Å²) < 4.78 is 36.5. The summed E-state index contributed by atoms with van der Waals surface area (Å²) in [6.07, 6.45) is 1.05. The van der Waals surface area contributed by atoms with Crippen LogP contribution in [-0.4, -0.2) is 25.7 Å². The Morgan fingerprint density at radius 3 is 2.44 bits per heavy atom. The van der Waals surface area contributed by atoms with Crippen molar-refractivity contribution < 1.29 is 22.7 Å². The van der Waals surface area contributed by atoms with Crippen LogP contribution in [0.3, 0.4) is 0 Å². The molecule has 0 aliphatic rings. The Morgan fingerprint density at radius 1 is 1.50 bits per heavy atom. The molecule has 0 aliphatic carbocycles. The van der Waals surface area contributed by atoms with Crippen LogP contribution < -0.4 is 0 Å². The lowest BCUT2D eigenvalue weighted by Gasteiger charge is -2.10. The summed E-state index contributed by atoms with van der Waals surface area (Å²) >= 11 is 2.99. The van der Waals surface area contributed by atoms with Crippen LogP contribution in [-0.2, 0) is 21.1 Å². The zero-order valence-corrected chi connectivity index (χ0v) is 12.2. The summed E-state index contributed by atoms with van der Waals surface area (Å²) in [7, 11) is -3.66. The van der Waals surface area contributed by atoms with Gasteiger partial charge in [0.15, 0.2) is 9.84 Å². The van der Waals surface area contributed by atoms with Gasteiger partial charge in [-0.25, -0.2) is 12.8 Å². The van der Waals surface area contributed by atoms with Gasteiger partial charge in [0.1, 0.15) is 10.7 Å². The van der Waals surface area contributed by atoms with Crippen molar-refractivity contribution in [2.45, 2.75) is 18.2 Å². The molecule has 4 nitrogen and oxygen atoms in total. The molecule has 0 bridgehead atoms. The van der Waals surface area contributed by atoms with E-state index < -0.39 is 32.4 Å². The van der Waals surface area contributed by atoms with Crippen LogP contribution in [0.2, 0.25) is 0 Å². The molecule has 100 valence electrons. The highest BCUT2D eigenvalue weighted by molar-refractivity contribution is 9.10. The lowest BCUT2D eigenvalue weighted by atomic mass is 10.0. The molecule has 7 heteroatoms. The number of rotatable bonds is 4. The van der Waals surface area contributed by atoms with Gasteiger partial charge in [-0.05, 0) is 40.0 Å². The normalized spacial score (nSPS) is 13.3. The highest BCUT2D eigenvalue weighted by atomic mass is 79.9. The third kappa shape index (κ3) is 3.52. The SMILES string of the molecule is CC(Cc1cc(F)c(S(C)(=O)=O)c(Br)c1)C(=O)O. The molecule has 18 heavy (non-hydrogen) atoms. The smallest absolute Gasteiger partial charge is 0.306 e. The fourth-order valence-corrected chi connectivity index (χ4v) is 3.72. The fourth-order valence-electron chi connectivity index (χ4n) is 1.53. The van der Waals surface area contributed by atoms with Gasteiger partial charge >= 0.3 is 5.97 Å². The molecule has 0 aromatic heterocycles. The quantitative estimate of drug-likeness (QED) is 0.913. The van der Waals surface area contributed by atoms with E-state index in [-0.39, 0.29) is 10.9 Å². The van der Waals surface area contributed by atoms with E-state index in [1.807, 2.05) is 0 Å². The number of sulfone groups is 1. The first kappa shape index (κ1) is 15.1. The monoisotopic (exact) mass is 338 g/mol. The van der Waals surface area contributed by atoms with Gasteiger partial charge in [0.2, 0.25) is 0 Å². The molecule has 1 atom stereocenters. The molecule has 1 aromatic rings. The van der Waals surface area contributed by atoms with E-state index in [0.717, 1.165) is 12.3 Å². The standard InChI is InChI=1S/C11H12BrFO4S/c1-6(11(14)15)3-7-4-8(12)10(9(13)5-7)18(2,16)17/h4-6H,3H2,1-2H3,(H,14,15). The highest BCUT2D eigenvalue weighted by Gasteiger charge is 2.20. The minimum atomic E-state index is -3.66. The fraction of sp³-hybridized carbons (Fsp3) is 0.364. The van der Waals surface area contributed by atoms with Crippen LogP contribution in [0.1, 0.15) is 12.5 Å². The Hall–Kier alpha value is -0.950. The Balaban J connectivity index is 3.20. The van der Waals surface area contributed by atoms with E-state index in [1.165, 1.54) is 13.0 Å². The van der Waals surface area contributed by atoms with Crippen LogP contribution in [0.15, 0.2) is 21.5 Å². The van der Waals surface area contributed by atoms with Crippen molar-refractivity contribution in [2.24, 2.45) is 5.92 Å². The maximum absolute atomic E-state index is 13.7. The average Bonchev–Trinajstić information content (AvgIpc) is 2.13. The second-order valence-electron chi connectivity index (χ2n) is 4.10. The number of benzene rings is 1. The predicted octanol–water partition coefficient (Wildman–Crippen LogP) is 2.25. The molecule has 1 aromatic carbocycles. The van der Waals surface area contributed by atoms with Gasteiger partial charge < -0.3 is 5.11 Å². The van der Waals surface area contributed by atoms with Crippen molar-refractivity contribution in [1.29, 1.82) is 0 Å². The molecule has 0 amide bonds. The van der Waals surface area contributed by atoms with Crippen molar-refractivity contribution in [1.82, 2.24) is 0 Å². The van der Waals surface area contributed by atoms with Gasteiger partial charge in [-0.1, -0.05) is 6.92 Å². The van der Waals surface area contributed by atoms with Crippen molar-refractivity contribution in [3.8, 4) is 0 Å². The first-order valence-corrected chi connectivity index (χ1v) is 7.72. The summed E-state index contributed by atoms with van der Waals surface area (Å²) in [5.41, 5.74) is 0.432. The van der Waals surface area contributed by atoms with E-state index in [0.29, 0.717) is 5.56 Å². The van der Waals surface area contributed by atoms with Gasteiger partial charge in [0, 0.05) is 10.7 Å². The number of carbonyl (C=O) groups is 1. The largest absolute Gasteiger partial charge is 0.481 e. The maximum Gasteiger partial charge on any atom is 0.306 e. The topological polar surface area (TPSA) is 71.4 Å². The molecule has 0 spiro atoms. The molecule has 0 aliphatic heterocycles. The Morgan fingerprint density at radius 2 is 2.06 bits per heavy atom. The number of hydrogen-bond donors (Lipinski definition) is 1. The van der Waals surface area contributed by atoms with E-state index in [9.17, 15) is 17.6 Å². The second-order valence-corrected chi connectivity index (χ2v) is 6.91. The van der Waals surface area contributed by atoms with Gasteiger partial charge in [-0.15, -0.1) is 0 Å². The van der Waals surface area contributed by atoms with Crippen LogP contribution in [0.4, 0.5) is 4.39 Å². The first-order chi connectivity index (χ1) is 8.12. The number of carboxylic acid groups (broad SMARTS) is 1. The van der Waals surface area contributed by atoms with Gasteiger partial charge in [-0.3, -0.25) is 4.79 Å². The summed E-state index contributed by atoms with van der Waals surface area (Å²) in [4.78, 5) is 10.3. The minimum Gasteiger partial charge on any atom is -0.481 e. The molecular formula is C11H12BrFO4S. The molecule has 0 saturated heterocycles. The van der Waals surface area contributed by atoms with Crippen molar-refractivity contribution >= 4 is 31.7 Å². The molecule has 0 fully saturated rings. The number of carboxylic acids is 1. The zero-order chi connectivity index (χ0) is 14.1. The zero-order valence-electron chi connectivity index (χ0n) is 9.78. The van der Waals surface area contributed by atoms with Crippen LogP contribution in [0.5, 0.6) is 0 Å². The molecule has 1 unspecified atom stereocenters. The number of aliphatic carboxylic acids is 1. The summed E-state index contributed by atoms with van der Waals surface area (Å²) in [5, 5.41) is 8.76. The third-order valence-electron chi connectivity index (χ3n) is 2.39. The molecule has 0 radical (unpaired) electrons. The molecule has 1 N–H and O–H groups in total. The maximum atomic E-state index is 13.7. The predicted molar refractivity (Wildman–Crippen MR) is 67.7 cm³/mol. The molecule has 1 rings (SSSR count). The molecular weight excluding hydrogens is 327 g/mol. The van der Waals surface area contributed by atoms with Gasteiger partial charge in [0.05, 0.1) is 5.92 Å². The van der Waals surface area contributed by atoms with E-state index in [2.05, 4.69) is 15.9 Å². The van der Waals surface area contributed by atoms with Gasteiger partial charge in [0.25, 0.3) is 0 Å². The first-order valence-electron chi connectivity index (χ1n) is 5.03. The van der Waals surface area contributed by atoms with Crippen LogP contribution in [0, 0.1) is 11.7 Å². The van der Waals surface area contributed by atoms with Crippen LogP contribution >= 0.6 is 15.9 Å². The average molecular weight is 339 g/mol. The Bertz CT molecular complexity index is 560. The Labute approximate surface area is 113 Å². The van der Waals surface area contributed by atoms with Crippen LogP contribution in [0.25, 0.3) is 0 Å².